The number of aryl methyl sites for hydroxylation is 2. The van der Waals surface area contributed by atoms with Gasteiger partial charge in [-0.2, -0.15) is 0 Å². The number of benzene rings is 2. The number of sulfonamides is 1. The maximum atomic E-state index is 13.6. The lowest BCUT2D eigenvalue weighted by Crippen LogP contribution is -2.40. The first kappa shape index (κ1) is 17.2. The molecule has 1 aliphatic rings. The van der Waals surface area contributed by atoms with Gasteiger partial charge in [-0.15, -0.1) is 0 Å². The van der Waals surface area contributed by atoms with Crippen LogP contribution in [0.1, 0.15) is 23.2 Å². The average molecular weight is 372 g/mol. The molecule has 0 bridgehead atoms. The van der Waals surface area contributed by atoms with Crippen molar-refractivity contribution in [2.45, 2.75) is 31.7 Å². The highest BCUT2D eigenvalue weighted by atomic mass is 32.2. The molecule has 0 saturated carbocycles. The molecule has 1 atom stereocenters. The lowest BCUT2D eigenvalue weighted by molar-refractivity contribution is 0.506. The SMILES string of the molecule is O=S(=O)(CCc1ccccc1)NC1CCc2[nH]c3ccc(F)cc3c2C1. The molecule has 0 spiro atoms. The molecule has 0 fully saturated rings. The minimum atomic E-state index is -3.36. The molecule has 1 aliphatic carbocycles. The van der Waals surface area contributed by atoms with Crippen LogP contribution < -0.4 is 4.72 Å². The first-order valence-electron chi connectivity index (χ1n) is 8.83. The topological polar surface area (TPSA) is 62.0 Å². The Hall–Kier alpha value is -2.18. The fourth-order valence-electron chi connectivity index (χ4n) is 3.70. The molecular formula is C20H21FN2O2S. The van der Waals surface area contributed by atoms with Gasteiger partial charge in [0.15, 0.2) is 0 Å². The molecule has 0 saturated heterocycles. The van der Waals surface area contributed by atoms with Crippen molar-refractivity contribution in [1.29, 1.82) is 0 Å². The number of H-pyrrole nitrogens is 1. The second-order valence-corrected chi connectivity index (χ2v) is 8.76. The predicted octanol–water partition coefficient (Wildman–Crippen LogP) is 3.33. The van der Waals surface area contributed by atoms with Crippen molar-refractivity contribution in [3.63, 3.8) is 0 Å². The van der Waals surface area contributed by atoms with E-state index in [0.29, 0.717) is 12.8 Å². The lowest BCUT2D eigenvalue weighted by Gasteiger charge is -2.23. The Morgan fingerprint density at radius 2 is 1.96 bits per heavy atom. The number of aromatic amines is 1. The highest BCUT2D eigenvalue weighted by Gasteiger charge is 2.26. The molecule has 6 heteroatoms. The van der Waals surface area contributed by atoms with E-state index in [1.165, 1.54) is 12.1 Å². The predicted molar refractivity (Wildman–Crippen MR) is 101 cm³/mol. The van der Waals surface area contributed by atoms with Gasteiger partial charge in [0.1, 0.15) is 5.82 Å². The van der Waals surface area contributed by atoms with E-state index in [1.807, 2.05) is 30.3 Å². The Kier molecular flexibility index (Phi) is 4.54. The maximum Gasteiger partial charge on any atom is 0.212 e. The average Bonchev–Trinajstić information content (AvgIpc) is 2.98. The van der Waals surface area contributed by atoms with Crippen LogP contribution in [0.25, 0.3) is 10.9 Å². The molecule has 0 aliphatic heterocycles. The molecule has 4 rings (SSSR count). The number of rotatable bonds is 5. The van der Waals surface area contributed by atoms with Gasteiger partial charge in [0.2, 0.25) is 10.0 Å². The van der Waals surface area contributed by atoms with Crippen molar-refractivity contribution in [3.8, 4) is 0 Å². The summed E-state index contributed by atoms with van der Waals surface area (Å²) in [5, 5.41) is 0.855. The zero-order valence-electron chi connectivity index (χ0n) is 14.3. The van der Waals surface area contributed by atoms with Crippen molar-refractivity contribution in [3.05, 3.63) is 71.2 Å². The van der Waals surface area contributed by atoms with Crippen LogP contribution in [0, 0.1) is 5.82 Å². The van der Waals surface area contributed by atoms with Crippen LogP contribution in [0.2, 0.25) is 0 Å². The second kappa shape index (κ2) is 6.85. The Bertz CT molecular complexity index is 1030. The van der Waals surface area contributed by atoms with Crippen LogP contribution in [-0.4, -0.2) is 25.2 Å². The number of halogens is 1. The Labute approximate surface area is 152 Å². The van der Waals surface area contributed by atoms with Gasteiger partial charge in [-0.05, 0) is 55.0 Å². The largest absolute Gasteiger partial charge is 0.358 e. The Morgan fingerprint density at radius 3 is 2.77 bits per heavy atom. The molecule has 2 N–H and O–H groups in total. The molecule has 136 valence electrons. The van der Waals surface area contributed by atoms with Crippen molar-refractivity contribution in [2.75, 3.05) is 5.75 Å². The molecule has 1 aromatic heterocycles. The van der Waals surface area contributed by atoms with Crippen LogP contribution >= 0.6 is 0 Å². The lowest BCUT2D eigenvalue weighted by atomic mass is 9.92. The number of fused-ring (bicyclic) bond motifs is 3. The number of hydrogen-bond acceptors (Lipinski definition) is 2. The highest BCUT2D eigenvalue weighted by molar-refractivity contribution is 7.89. The maximum absolute atomic E-state index is 13.6. The number of nitrogens with one attached hydrogen (secondary N) is 2. The normalized spacial score (nSPS) is 17.3. The summed E-state index contributed by atoms with van der Waals surface area (Å²) in [6.07, 6.45) is 2.58. The quantitative estimate of drug-likeness (QED) is 0.722. The van der Waals surface area contributed by atoms with Crippen molar-refractivity contribution < 1.29 is 12.8 Å². The minimum Gasteiger partial charge on any atom is -0.358 e. The Balaban J connectivity index is 1.46. The fraction of sp³-hybridized carbons (Fsp3) is 0.300. The number of aromatic nitrogens is 1. The van der Waals surface area contributed by atoms with E-state index >= 15 is 0 Å². The summed E-state index contributed by atoms with van der Waals surface area (Å²) in [5.41, 5.74) is 4.03. The summed E-state index contributed by atoms with van der Waals surface area (Å²) in [7, 11) is -3.36. The number of hydrogen-bond donors (Lipinski definition) is 2. The standard InChI is InChI=1S/C20H21FN2O2S/c21-15-6-8-19-17(12-15)18-13-16(7-9-20(18)22-19)23-26(24,25)11-10-14-4-2-1-3-5-14/h1-6,8,12,16,22-23H,7,9-11,13H2. The first-order valence-corrected chi connectivity index (χ1v) is 10.5. The van der Waals surface area contributed by atoms with E-state index in [9.17, 15) is 12.8 Å². The van der Waals surface area contributed by atoms with Gasteiger partial charge in [0, 0.05) is 22.6 Å². The molecule has 2 aromatic carbocycles. The first-order chi connectivity index (χ1) is 12.5. The van der Waals surface area contributed by atoms with Crippen molar-refractivity contribution in [2.24, 2.45) is 0 Å². The van der Waals surface area contributed by atoms with Crippen molar-refractivity contribution >= 4 is 20.9 Å². The van der Waals surface area contributed by atoms with E-state index in [4.69, 9.17) is 0 Å². The van der Waals surface area contributed by atoms with Gasteiger partial charge < -0.3 is 4.98 Å². The summed E-state index contributed by atoms with van der Waals surface area (Å²) in [4.78, 5) is 3.33. The van der Waals surface area contributed by atoms with E-state index in [0.717, 1.165) is 40.6 Å². The summed E-state index contributed by atoms with van der Waals surface area (Å²) in [6, 6.07) is 14.2. The smallest absolute Gasteiger partial charge is 0.212 e. The molecule has 4 nitrogen and oxygen atoms in total. The molecule has 0 amide bonds. The van der Waals surface area contributed by atoms with Crippen LogP contribution in [-0.2, 0) is 29.3 Å². The van der Waals surface area contributed by atoms with Gasteiger partial charge in [0.05, 0.1) is 5.75 Å². The zero-order valence-corrected chi connectivity index (χ0v) is 15.2. The summed E-state index contributed by atoms with van der Waals surface area (Å²) < 4.78 is 41.4. The van der Waals surface area contributed by atoms with E-state index in [2.05, 4.69) is 9.71 Å². The molecule has 26 heavy (non-hydrogen) atoms. The fourth-order valence-corrected chi connectivity index (χ4v) is 5.03. The minimum absolute atomic E-state index is 0.0723. The van der Waals surface area contributed by atoms with Gasteiger partial charge in [-0.25, -0.2) is 17.5 Å². The monoisotopic (exact) mass is 372 g/mol. The second-order valence-electron chi connectivity index (χ2n) is 6.88. The van der Waals surface area contributed by atoms with Crippen LogP contribution in [0.5, 0.6) is 0 Å². The summed E-state index contributed by atoms with van der Waals surface area (Å²) >= 11 is 0. The van der Waals surface area contributed by atoms with Crippen LogP contribution in [0.15, 0.2) is 48.5 Å². The summed E-state index contributed by atoms with van der Waals surface area (Å²) in [6.45, 7) is 0. The third-order valence-electron chi connectivity index (χ3n) is 5.00. The van der Waals surface area contributed by atoms with E-state index in [1.54, 1.807) is 6.07 Å². The van der Waals surface area contributed by atoms with E-state index < -0.39 is 10.0 Å². The molecule has 1 heterocycles. The highest BCUT2D eigenvalue weighted by Crippen LogP contribution is 2.30. The van der Waals surface area contributed by atoms with E-state index in [-0.39, 0.29) is 17.6 Å². The van der Waals surface area contributed by atoms with Gasteiger partial charge in [-0.1, -0.05) is 30.3 Å². The Morgan fingerprint density at radius 1 is 1.15 bits per heavy atom. The molecule has 0 radical (unpaired) electrons. The van der Waals surface area contributed by atoms with Gasteiger partial charge in [0.25, 0.3) is 0 Å². The molecule has 3 aromatic rings. The van der Waals surface area contributed by atoms with Gasteiger partial charge in [-0.3, -0.25) is 0 Å². The van der Waals surface area contributed by atoms with Crippen LogP contribution in [0.3, 0.4) is 0 Å². The third-order valence-corrected chi connectivity index (χ3v) is 6.43. The van der Waals surface area contributed by atoms with Gasteiger partial charge >= 0.3 is 0 Å². The molecule has 1 unspecified atom stereocenters. The van der Waals surface area contributed by atoms with Crippen LogP contribution in [0.4, 0.5) is 4.39 Å². The molecular weight excluding hydrogens is 351 g/mol. The van der Waals surface area contributed by atoms with Crippen molar-refractivity contribution in [1.82, 2.24) is 9.71 Å². The third kappa shape index (κ3) is 3.66. The summed E-state index contributed by atoms with van der Waals surface area (Å²) in [5.74, 6) is -0.201. The zero-order chi connectivity index (χ0) is 18.1.